The van der Waals surface area contributed by atoms with Crippen LogP contribution in [0.3, 0.4) is 0 Å². The molecule has 0 N–H and O–H groups in total. The first-order valence-electron chi connectivity index (χ1n) is 4.46. The van der Waals surface area contributed by atoms with Gasteiger partial charge in [-0.05, 0) is 18.9 Å². The molecule has 0 unspecified atom stereocenters. The number of carbonyl (C=O) groups is 1. The Labute approximate surface area is 87.0 Å². The number of ether oxygens (including phenoxy) is 1. The number of nitrogens with zero attached hydrogens (tertiary/aromatic N) is 1. The normalized spacial score (nSPS) is 15.3. The third kappa shape index (κ3) is 1.60. The lowest BCUT2D eigenvalue weighted by Gasteiger charge is -2.07. The summed E-state index contributed by atoms with van der Waals surface area (Å²) in [5.74, 6) is 0.680. The summed E-state index contributed by atoms with van der Waals surface area (Å²) in [5.41, 5.74) is 0.551. The molecule has 1 aromatic rings. The van der Waals surface area contributed by atoms with Gasteiger partial charge in [-0.2, -0.15) is 0 Å². The highest BCUT2D eigenvalue weighted by atomic mass is 35.5. The van der Waals surface area contributed by atoms with E-state index in [2.05, 4.69) is 4.98 Å². The number of hydrogen-bond donors (Lipinski definition) is 0. The predicted octanol–water partition coefficient (Wildman–Crippen LogP) is 2.34. The van der Waals surface area contributed by atoms with E-state index in [0.717, 1.165) is 12.8 Å². The molecular weight excluding hydrogens is 202 g/mol. The van der Waals surface area contributed by atoms with E-state index in [4.69, 9.17) is 16.3 Å². The number of ketones is 1. The molecule has 3 nitrogen and oxygen atoms in total. The zero-order chi connectivity index (χ0) is 10.1. The van der Waals surface area contributed by atoms with Crippen molar-refractivity contribution in [3.63, 3.8) is 0 Å². The smallest absolute Gasteiger partial charge is 0.171 e. The molecule has 1 aliphatic carbocycles. The van der Waals surface area contributed by atoms with Gasteiger partial charge in [0, 0.05) is 12.1 Å². The Morgan fingerprint density at radius 3 is 2.93 bits per heavy atom. The number of carbonyl (C=O) groups excluding carboxylic acids is 1. The molecule has 1 aromatic heterocycles. The van der Waals surface area contributed by atoms with Crippen LogP contribution >= 0.6 is 11.6 Å². The number of methoxy groups -OCH3 is 1. The summed E-state index contributed by atoms with van der Waals surface area (Å²) in [7, 11) is 1.49. The minimum absolute atomic E-state index is 0.117. The fraction of sp³-hybridized carbons (Fsp3) is 0.400. The third-order valence-electron chi connectivity index (χ3n) is 2.28. The van der Waals surface area contributed by atoms with E-state index in [-0.39, 0.29) is 16.9 Å². The maximum atomic E-state index is 11.8. The summed E-state index contributed by atoms with van der Waals surface area (Å²) >= 11 is 5.81. The van der Waals surface area contributed by atoms with Gasteiger partial charge in [0.25, 0.3) is 0 Å². The SMILES string of the molecule is COc1c(C(=O)C2CC2)ccnc1Cl. The Morgan fingerprint density at radius 1 is 1.64 bits per heavy atom. The molecule has 74 valence electrons. The van der Waals surface area contributed by atoms with Crippen LogP contribution < -0.4 is 4.74 Å². The quantitative estimate of drug-likeness (QED) is 0.569. The minimum Gasteiger partial charge on any atom is -0.493 e. The van der Waals surface area contributed by atoms with Crippen molar-refractivity contribution in [2.45, 2.75) is 12.8 Å². The molecule has 0 saturated heterocycles. The summed E-state index contributed by atoms with van der Waals surface area (Å²) in [4.78, 5) is 15.6. The molecule has 1 fully saturated rings. The van der Waals surface area contributed by atoms with Crippen molar-refractivity contribution in [1.82, 2.24) is 4.98 Å². The van der Waals surface area contributed by atoms with Gasteiger partial charge in [0.05, 0.1) is 12.7 Å². The lowest BCUT2D eigenvalue weighted by molar-refractivity contribution is 0.0964. The molecule has 1 heterocycles. The average Bonchev–Trinajstić information content (AvgIpc) is 2.99. The van der Waals surface area contributed by atoms with E-state index in [1.807, 2.05) is 0 Å². The van der Waals surface area contributed by atoms with Crippen LogP contribution in [0.2, 0.25) is 5.15 Å². The van der Waals surface area contributed by atoms with Crippen molar-refractivity contribution in [2.75, 3.05) is 7.11 Å². The van der Waals surface area contributed by atoms with Gasteiger partial charge in [-0.25, -0.2) is 4.98 Å². The molecule has 1 saturated carbocycles. The molecular formula is C10H10ClNO2. The highest BCUT2D eigenvalue weighted by molar-refractivity contribution is 6.31. The Bertz CT molecular complexity index is 374. The summed E-state index contributed by atoms with van der Waals surface area (Å²) in [5, 5.41) is 0.249. The summed E-state index contributed by atoms with van der Waals surface area (Å²) in [6, 6.07) is 1.66. The number of hydrogen-bond acceptors (Lipinski definition) is 3. The largest absolute Gasteiger partial charge is 0.493 e. The van der Waals surface area contributed by atoms with E-state index < -0.39 is 0 Å². The van der Waals surface area contributed by atoms with E-state index in [1.165, 1.54) is 13.3 Å². The van der Waals surface area contributed by atoms with Gasteiger partial charge in [0.2, 0.25) is 0 Å². The Morgan fingerprint density at radius 2 is 2.36 bits per heavy atom. The van der Waals surface area contributed by atoms with Crippen molar-refractivity contribution in [1.29, 1.82) is 0 Å². The van der Waals surface area contributed by atoms with Crippen molar-refractivity contribution < 1.29 is 9.53 Å². The molecule has 4 heteroatoms. The fourth-order valence-corrected chi connectivity index (χ4v) is 1.61. The number of Topliss-reactive ketones (excluding diaryl/α,β-unsaturated/α-hetero) is 1. The van der Waals surface area contributed by atoms with Crippen LogP contribution in [0.1, 0.15) is 23.2 Å². The molecule has 0 aliphatic heterocycles. The van der Waals surface area contributed by atoms with Crippen LogP contribution in [-0.2, 0) is 0 Å². The molecule has 0 atom stereocenters. The van der Waals surface area contributed by atoms with Gasteiger partial charge in [-0.15, -0.1) is 0 Å². The Hall–Kier alpha value is -1.09. The van der Waals surface area contributed by atoms with Crippen LogP contribution in [0.15, 0.2) is 12.3 Å². The Kier molecular flexibility index (Phi) is 2.42. The second-order valence-electron chi connectivity index (χ2n) is 3.32. The van der Waals surface area contributed by atoms with Crippen molar-refractivity contribution in [3.8, 4) is 5.75 Å². The molecule has 0 spiro atoms. The lowest BCUT2D eigenvalue weighted by atomic mass is 10.1. The van der Waals surface area contributed by atoms with Crippen LogP contribution in [0, 0.1) is 5.92 Å². The zero-order valence-corrected chi connectivity index (χ0v) is 8.54. The monoisotopic (exact) mass is 211 g/mol. The molecule has 14 heavy (non-hydrogen) atoms. The van der Waals surface area contributed by atoms with Gasteiger partial charge in [-0.1, -0.05) is 11.6 Å². The topological polar surface area (TPSA) is 39.2 Å². The second-order valence-corrected chi connectivity index (χ2v) is 3.68. The highest BCUT2D eigenvalue weighted by Gasteiger charge is 2.32. The average molecular weight is 212 g/mol. The van der Waals surface area contributed by atoms with Gasteiger partial charge in [0.1, 0.15) is 0 Å². The number of halogens is 1. The summed E-state index contributed by atoms with van der Waals surface area (Å²) < 4.78 is 5.06. The predicted molar refractivity (Wildman–Crippen MR) is 52.9 cm³/mol. The summed E-state index contributed by atoms with van der Waals surface area (Å²) in [6.07, 6.45) is 3.48. The van der Waals surface area contributed by atoms with Crippen molar-refractivity contribution in [2.24, 2.45) is 5.92 Å². The van der Waals surface area contributed by atoms with E-state index in [0.29, 0.717) is 11.3 Å². The van der Waals surface area contributed by atoms with Gasteiger partial charge >= 0.3 is 0 Å². The first-order valence-corrected chi connectivity index (χ1v) is 4.84. The maximum Gasteiger partial charge on any atom is 0.171 e. The van der Waals surface area contributed by atoms with Crippen LogP contribution in [0.25, 0.3) is 0 Å². The van der Waals surface area contributed by atoms with Crippen molar-refractivity contribution >= 4 is 17.4 Å². The standard InChI is InChI=1S/C10H10ClNO2/c1-14-9-7(4-5-12-10(9)11)8(13)6-2-3-6/h4-6H,2-3H2,1H3. The maximum absolute atomic E-state index is 11.8. The fourth-order valence-electron chi connectivity index (χ4n) is 1.38. The zero-order valence-electron chi connectivity index (χ0n) is 7.79. The van der Waals surface area contributed by atoms with Crippen LogP contribution in [-0.4, -0.2) is 17.9 Å². The molecule has 0 aromatic carbocycles. The Balaban J connectivity index is 2.40. The van der Waals surface area contributed by atoms with E-state index in [9.17, 15) is 4.79 Å². The van der Waals surface area contributed by atoms with Gasteiger partial charge in [-0.3, -0.25) is 4.79 Å². The van der Waals surface area contributed by atoms with Crippen LogP contribution in [0.4, 0.5) is 0 Å². The minimum atomic E-state index is 0.117. The molecule has 0 radical (unpaired) electrons. The van der Waals surface area contributed by atoms with Crippen LogP contribution in [0.5, 0.6) is 5.75 Å². The van der Waals surface area contributed by atoms with E-state index >= 15 is 0 Å². The first-order chi connectivity index (χ1) is 6.74. The van der Waals surface area contributed by atoms with Crippen molar-refractivity contribution in [3.05, 3.63) is 23.0 Å². The molecule has 0 amide bonds. The van der Waals surface area contributed by atoms with E-state index in [1.54, 1.807) is 6.07 Å². The second kappa shape index (κ2) is 3.58. The van der Waals surface area contributed by atoms with Gasteiger partial charge < -0.3 is 4.74 Å². The number of rotatable bonds is 3. The van der Waals surface area contributed by atoms with Gasteiger partial charge in [0.15, 0.2) is 16.7 Å². The molecule has 0 bridgehead atoms. The molecule has 1 aliphatic rings. The number of pyridine rings is 1. The first kappa shape index (κ1) is 9.46. The molecule has 2 rings (SSSR count). The lowest BCUT2D eigenvalue weighted by Crippen LogP contribution is -2.05. The highest BCUT2D eigenvalue weighted by Crippen LogP contribution is 2.36. The summed E-state index contributed by atoms with van der Waals surface area (Å²) in [6.45, 7) is 0. The third-order valence-corrected chi connectivity index (χ3v) is 2.55. The number of aromatic nitrogens is 1.